The average molecular weight is 406 g/mol. The fraction of sp³-hybridized carbons (Fsp3) is 0.536. The standard InChI is InChI=1S/C28H36FN/c1-2-3-4-5-6-7-22-8-14-25(15-9-22)26-16-10-23(11-17-26)12-18-27-19-13-24(21-30)20-28(27)29/h10-11,13,16-17,19-20,22,25H,2-9,12,14-15,18H2,1H3. The minimum atomic E-state index is -0.271. The summed E-state index contributed by atoms with van der Waals surface area (Å²) in [4.78, 5) is 0. The van der Waals surface area contributed by atoms with E-state index in [2.05, 4.69) is 31.2 Å². The number of nitrogens with zero attached hydrogens (tertiary/aromatic N) is 1. The summed E-state index contributed by atoms with van der Waals surface area (Å²) in [5.74, 6) is 1.39. The molecular weight excluding hydrogens is 369 g/mol. The summed E-state index contributed by atoms with van der Waals surface area (Å²) >= 11 is 0. The first-order valence-corrected chi connectivity index (χ1v) is 12.0. The Morgan fingerprint density at radius 1 is 0.900 bits per heavy atom. The molecule has 0 unspecified atom stereocenters. The van der Waals surface area contributed by atoms with Crippen molar-refractivity contribution in [3.05, 3.63) is 70.5 Å². The van der Waals surface area contributed by atoms with Crippen LogP contribution in [0.15, 0.2) is 42.5 Å². The highest BCUT2D eigenvalue weighted by Crippen LogP contribution is 2.37. The van der Waals surface area contributed by atoms with Gasteiger partial charge in [-0.3, -0.25) is 0 Å². The summed E-state index contributed by atoms with van der Waals surface area (Å²) in [5, 5.41) is 8.86. The van der Waals surface area contributed by atoms with E-state index in [1.807, 2.05) is 6.07 Å². The van der Waals surface area contributed by atoms with Crippen LogP contribution in [0.4, 0.5) is 4.39 Å². The smallest absolute Gasteiger partial charge is 0.127 e. The minimum Gasteiger partial charge on any atom is -0.207 e. The first kappa shape index (κ1) is 22.5. The summed E-state index contributed by atoms with van der Waals surface area (Å²) < 4.78 is 14.1. The molecule has 0 bridgehead atoms. The molecule has 1 aliphatic rings. The Morgan fingerprint density at radius 2 is 1.63 bits per heavy atom. The van der Waals surface area contributed by atoms with Gasteiger partial charge in [0.1, 0.15) is 5.82 Å². The SMILES string of the molecule is CCCCCCCC1CCC(c2ccc(CCc3ccc(C#N)cc3F)cc2)CC1. The Balaban J connectivity index is 1.42. The number of halogens is 1. The van der Waals surface area contributed by atoms with Gasteiger partial charge in [0.2, 0.25) is 0 Å². The molecule has 0 N–H and O–H groups in total. The summed E-state index contributed by atoms with van der Waals surface area (Å²) in [6.07, 6.45) is 15.3. The molecule has 0 atom stereocenters. The molecular formula is C28H36FN. The Kier molecular flexibility index (Phi) is 8.94. The quantitative estimate of drug-likeness (QED) is 0.366. The van der Waals surface area contributed by atoms with E-state index in [0.29, 0.717) is 23.5 Å². The third kappa shape index (κ3) is 6.69. The molecule has 0 saturated heterocycles. The van der Waals surface area contributed by atoms with Crippen molar-refractivity contribution in [3.63, 3.8) is 0 Å². The lowest BCUT2D eigenvalue weighted by Crippen LogP contribution is -2.13. The monoisotopic (exact) mass is 405 g/mol. The molecule has 1 nitrogen and oxygen atoms in total. The van der Waals surface area contributed by atoms with Crippen molar-refractivity contribution in [2.45, 2.75) is 89.9 Å². The van der Waals surface area contributed by atoms with Crippen LogP contribution in [0.1, 0.15) is 99.3 Å². The van der Waals surface area contributed by atoms with E-state index in [1.165, 1.54) is 81.4 Å². The number of hydrogen-bond acceptors (Lipinski definition) is 1. The lowest BCUT2D eigenvalue weighted by Gasteiger charge is -2.29. The molecule has 30 heavy (non-hydrogen) atoms. The Morgan fingerprint density at radius 3 is 2.30 bits per heavy atom. The van der Waals surface area contributed by atoms with Crippen molar-refractivity contribution in [3.8, 4) is 6.07 Å². The number of hydrogen-bond donors (Lipinski definition) is 0. The molecule has 0 aliphatic heterocycles. The predicted molar refractivity (Wildman–Crippen MR) is 123 cm³/mol. The third-order valence-electron chi connectivity index (χ3n) is 6.88. The summed E-state index contributed by atoms with van der Waals surface area (Å²) in [6, 6.07) is 15.8. The van der Waals surface area contributed by atoms with Gasteiger partial charge in [-0.15, -0.1) is 0 Å². The molecule has 0 amide bonds. The van der Waals surface area contributed by atoms with E-state index < -0.39 is 0 Å². The van der Waals surface area contributed by atoms with Crippen LogP contribution in [0.5, 0.6) is 0 Å². The number of rotatable bonds is 10. The highest BCUT2D eigenvalue weighted by molar-refractivity contribution is 5.33. The van der Waals surface area contributed by atoms with Gasteiger partial charge in [-0.1, -0.05) is 75.8 Å². The second kappa shape index (κ2) is 11.9. The van der Waals surface area contributed by atoms with Gasteiger partial charge in [0.05, 0.1) is 11.6 Å². The van der Waals surface area contributed by atoms with Crippen molar-refractivity contribution in [1.29, 1.82) is 5.26 Å². The first-order valence-electron chi connectivity index (χ1n) is 12.0. The third-order valence-corrected chi connectivity index (χ3v) is 6.88. The van der Waals surface area contributed by atoms with Crippen LogP contribution in [0.3, 0.4) is 0 Å². The van der Waals surface area contributed by atoms with Crippen LogP contribution < -0.4 is 0 Å². The van der Waals surface area contributed by atoms with E-state index in [1.54, 1.807) is 12.1 Å². The van der Waals surface area contributed by atoms with Gasteiger partial charge in [0, 0.05) is 0 Å². The van der Waals surface area contributed by atoms with Crippen LogP contribution in [0.2, 0.25) is 0 Å². The van der Waals surface area contributed by atoms with Crippen LogP contribution in [0, 0.1) is 23.1 Å². The predicted octanol–water partition coefficient (Wildman–Crippen LogP) is 8.12. The molecule has 160 valence electrons. The van der Waals surface area contributed by atoms with Gasteiger partial charge in [-0.05, 0) is 79.2 Å². The molecule has 2 heteroatoms. The maximum absolute atomic E-state index is 14.1. The fourth-order valence-electron chi connectivity index (χ4n) is 4.88. The van der Waals surface area contributed by atoms with Gasteiger partial charge in [0.15, 0.2) is 0 Å². The molecule has 3 rings (SSSR count). The van der Waals surface area contributed by atoms with Crippen molar-refractivity contribution >= 4 is 0 Å². The molecule has 1 fully saturated rings. The van der Waals surface area contributed by atoms with Gasteiger partial charge < -0.3 is 0 Å². The van der Waals surface area contributed by atoms with Crippen molar-refractivity contribution < 1.29 is 4.39 Å². The van der Waals surface area contributed by atoms with Crippen LogP contribution in [-0.4, -0.2) is 0 Å². The Hall–Kier alpha value is -2.14. The normalized spacial score (nSPS) is 18.8. The highest BCUT2D eigenvalue weighted by Gasteiger charge is 2.22. The van der Waals surface area contributed by atoms with Crippen molar-refractivity contribution in [2.75, 3.05) is 0 Å². The highest BCUT2D eigenvalue weighted by atomic mass is 19.1. The number of nitriles is 1. The van der Waals surface area contributed by atoms with E-state index in [9.17, 15) is 4.39 Å². The van der Waals surface area contributed by atoms with Crippen molar-refractivity contribution in [1.82, 2.24) is 0 Å². The fourth-order valence-corrected chi connectivity index (χ4v) is 4.88. The molecule has 0 spiro atoms. The van der Waals surface area contributed by atoms with E-state index in [4.69, 9.17) is 5.26 Å². The average Bonchev–Trinajstić information content (AvgIpc) is 2.79. The van der Waals surface area contributed by atoms with Crippen LogP contribution in [-0.2, 0) is 12.8 Å². The topological polar surface area (TPSA) is 23.8 Å². The Labute approximate surface area is 182 Å². The first-order chi connectivity index (χ1) is 14.7. The molecule has 1 saturated carbocycles. The zero-order chi connectivity index (χ0) is 21.2. The Bertz CT molecular complexity index is 810. The second-order valence-electron chi connectivity index (χ2n) is 9.08. The molecule has 0 radical (unpaired) electrons. The van der Waals surface area contributed by atoms with Crippen LogP contribution >= 0.6 is 0 Å². The van der Waals surface area contributed by atoms with Gasteiger partial charge in [-0.2, -0.15) is 5.26 Å². The van der Waals surface area contributed by atoms with Crippen molar-refractivity contribution in [2.24, 2.45) is 5.92 Å². The number of aryl methyl sites for hydroxylation is 2. The van der Waals surface area contributed by atoms with E-state index in [0.717, 1.165) is 12.3 Å². The van der Waals surface area contributed by atoms with Gasteiger partial charge in [0.25, 0.3) is 0 Å². The van der Waals surface area contributed by atoms with Crippen LogP contribution in [0.25, 0.3) is 0 Å². The molecule has 0 heterocycles. The summed E-state index contributed by atoms with van der Waals surface area (Å²) in [6.45, 7) is 2.28. The molecule has 2 aromatic carbocycles. The maximum atomic E-state index is 14.1. The zero-order valence-electron chi connectivity index (χ0n) is 18.5. The number of unbranched alkanes of at least 4 members (excludes halogenated alkanes) is 4. The van der Waals surface area contributed by atoms with Gasteiger partial charge >= 0.3 is 0 Å². The largest absolute Gasteiger partial charge is 0.207 e. The maximum Gasteiger partial charge on any atom is 0.127 e. The lowest BCUT2D eigenvalue weighted by atomic mass is 9.77. The second-order valence-corrected chi connectivity index (χ2v) is 9.08. The number of benzene rings is 2. The van der Waals surface area contributed by atoms with Gasteiger partial charge in [-0.25, -0.2) is 4.39 Å². The molecule has 2 aromatic rings. The lowest BCUT2D eigenvalue weighted by molar-refractivity contribution is 0.302. The van der Waals surface area contributed by atoms with E-state index >= 15 is 0 Å². The zero-order valence-corrected chi connectivity index (χ0v) is 18.5. The summed E-state index contributed by atoms with van der Waals surface area (Å²) in [7, 11) is 0. The molecule has 1 aliphatic carbocycles. The molecule has 0 aromatic heterocycles. The minimum absolute atomic E-state index is 0.271. The van der Waals surface area contributed by atoms with E-state index in [-0.39, 0.29) is 5.82 Å². The summed E-state index contributed by atoms with van der Waals surface area (Å²) in [5.41, 5.74) is 3.80.